The fourth-order valence-electron chi connectivity index (χ4n) is 3.13. The SMILES string of the molecule is COc1ccccc1NS(=O)(=O)c1cc(NC(=S)Nc2ccc(C)cc2C)ccc1C. The maximum absolute atomic E-state index is 13.1. The van der Waals surface area contributed by atoms with Gasteiger partial charge in [-0.3, -0.25) is 4.72 Å². The predicted octanol–water partition coefficient (Wildman–Crippen LogP) is 5.23. The van der Waals surface area contributed by atoms with Gasteiger partial charge in [-0.15, -0.1) is 0 Å². The number of rotatable bonds is 6. The highest BCUT2D eigenvalue weighted by atomic mass is 32.2. The summed E-state index contributed by atoms with van der Waals surface area (Å²) in [6.45, 7) is 5.77. The van der Waals surface area contributed by atoms with Crippen molar-refractivity contribution >= 4 is 44.4 Å². The van der Waals surface area contributed by atoms with Crippen molar-refractivity contribution in [1.29, 1.82) is 0 Å². The largest absolute Gasteiger partial charge is 0.495 e. The Morgan fingerprint density at radius 2 is 1.61 bits per heavy atom. The summed E-state index contributed by atoms with van der Waals surface area (Å²) >= 11 is 5.41. The number of para-hydroxylation sites is 2. The van der Waals surface area contributed by atoms with Gasteiger partial charge in [0.2, 0.25) is 0 Å². The average Bonchev–Trinajstić information content (AvgIpc) is 2.71. The van der Waals surface area contributed by atoms with E-state index in [4.69, 9.17) is 17.0 Å². The molecule has 3 N–H and O–H groups in total. The van der Waals surface area contributed by atoms with E-state index in [9.17, 15) is 8.42 Å². The van der Waals surface area contributed by atoms with Crippen LogP contribution in [0.2, 0.25) is 0 Å². The molecule has 0 radical (unpaired) electrons. The molecule has 0 fully saturated rings. The van der Waals surface area contributed by atoms with E-state index < -0.39 is 10.0 Å². The molecule has 0 unspecified atom stereocenters. The third kappa shape index (κ3) is 5.53. The van der Waals surface area contributed by atoms with Crippen LogP contribution in [0.3, 0.4) is 0 Å². The zero-order chi connectivity index (χ0) is 22.6. The lowest BCUT2D eigenvalue weighted by atomic mass is 10.1. The number of ether oxygens (including phenoxy) is 1. The average molecular weight is 456 g/mol. The molecular formula is C23H25N3O3S2. The molecule has 0 spiro atoms. The lowest BCUT2D eigenvalue weighted by molar-refractivity contribution is 0.417. The van der Waals surface area contributed by atoms with Gasteiger partial charge in [0.15, 0.2) is 5.11 Å². The van der Waals surface area contributed by atoms with Crippen LogP contribution in [0.5, 0.6) is 5.75 Å². The fraction of sp³-hybridized carbons (Fsp3) is 0.174. The van der Waals surface area contributed by atoms with E-state index in [1.165, 1.54) is 7.11 Å². The third-order valence-corrected chi connectivity index (χ3v) is 6.43. The van der Waals surface area contributed by atoms with Gasteiger partial charge < -0.3 is 15.4 Å². The van der Waals surface area contributed by atoms with Crippen LogP contribution in [0.25, 0.3) is 0 Å². The molecule has 0 saturated carbocycles. The molecule has 3 aromatic rings. The van der Waals surface area contributed by atoms with E-state index in [2.05, 4.69) is 21.4 Å². The Bertz CT molecular complexity index is 1220. The Kier molecular flexibility index (Phi) is 6.82. The maximum atomic E-state index is 13.1. The highest BCUT2D eigenvalue weighted by Gasteiger charge is 2.19. The van der Waals surface area contributed by atoms with Gasteiger partial charge in [-0.25, -0.2) is 8.42 Å². The van der Waals surface area contributed by atoms with E-state index in [1.54, 1.807) is 49.4 Å². The Morgan fingerprint density at radius 1 is 0.871 bits per heavy atom. The summed E-state index contributed by atoms with van der Waals surface area (Å²) in [5.74, 6) is 0.442. The quantitative estimate of drug-likeness (QED) is 0.442. The topological polar surface area (TPSA) is 79.5 Å². The molecule has 3 aromatic carbocycles. The van der Waals surface area contributed by atoms with E-state index in [0.29, 0.717) is 27.8 Å². The molecule has 31 heavy (non-hydrogen) atoms. The molecule has 0 aliphatic rings. The molecular weight excluding hydrogens is 430 g/mol. The summed E-state index contributed by atoms with van der Waals surface area (Å²) in [5, 5.41) is 6.59. The first-order chi connectivity index (χ1) is 14.7. The Balaban J connectivity index is 1.81. The molecule has 162 valence electrons. The molecule has 0 saturated heterocycles. The van der Waals surface area contributed by atoms with E-state index in [0.717, 1.165) is 16.8 Å². The number of anilines is 3. The van der Waals surface area contributed by atoms with Crippen LogP contribution in [0, 0.1) is 20.8 Å². The highest BCUT2D eigenvalue weighted by molar-refractivity contribution is 7.92. The highest BCUT2D eigenvalue weighted by Crippen LogP contribution is 2.28. The van der Waals surface area contributed by atoms with Crippen molar-refractivity contribution in [2.24, 2.45) is 0 Å². The smallest absolute Gasteiger partial charge is 0.262 e. The molecule has 3 rings (SSSR count). The number of aryl methyl sites for hydroxylation is 3. The predicted molar refractivity (Wildman–Crippen MR) is 131 cm³/mol. The summed E-state index contributed by atoms with van der Waals surface area (Å²) < 4.78 is 33.9. The number of hydrogen-bond donors (Lipinski definition) is 3. The minimum absolute atomic E-state index is 0.151. The molecule has 0 bridgehead atoms. The van der Waals surface area contributed by atoms with E-state index in [1.807, 2.05) is 26.0 Å². The van der Waals surface area contributed by atoms with Crippen molar-refractivity contribution in [2.45, 2.75) is 25.7 Å². The first-order valence-electron chi connectivity index (χ1n) is 9.61. The van der Waals surface area contributed by atoms with E-state index >= 15 is 0 Å². The monoisotopic (exact) mass is 455 g/mol. The molecule has 0 amide bonds. The molecule has 0 heterocycles. The lowest BCUT2D eigenvalue weighted by Crippen LogP contribution is -2.20. The van der Waals surface area contributed by atoms with Crippen molar-refractivity contribution in [1.82, 2.24) is 0 Å². The first kappa shape index (κ1) is 22.6. The van der Waals surface area contributed by atoms with E-state index in [-0.39, 0.29) is 4.90 Å². The zero-order valence-electron chi connectivity index (χ0n) is 17.8. The molecule has 0 aromatic heterocycles. The Labute approximate surface area is 188 Å². The standard InChI is InChI=1S/C23H25N3O3S2/c1-15-9-12-19(17(3)13-15)25-23(30)24-18-11-10-16(2)22(14-18)31(27,28)26-20-7-5-6-8-21(20)29-4/h5-14,26H,1-4H3,(H2,24,25,30). The van der Waals surface area contributed by atoms with Crippen molar-refractivity contribution in [3.05, 3.63) is 77.4 Å². The minimum Gasteiger partial charge on any atom is -0.495 e. The number of nitrogens with one attached hydrogen (secondary N) is 3. The summed E-state index contributed by atoms with van der Waals surface area (Å²) in [7, 11) is -2.35. The molecule has 6 nitrogen and oxygen atoms in total. The first-order valence-corrected chi connectivity index (χ1v) is 11.5. The zero-order valence-corrected chi connectivity index (χ0v) is 19.4. The van der Waals surface area contributed by atoms with Gasteiger partial charge in [-0.05, 0) is 74.4 Å². The summed E-state index contributed by atoms with van der Waals surface area (Å²) in [5.41, 5.74) is 4.67. The van der Waals surface area contributed by atoms with Gasteiger partial charge in [0.25, 0.3) is 10.0 Å². The maximum Gasteiger partial charge on any atom is 0.262 e. The minimum atomic E-state index is -3.84. The number of methoxy groups -OCH3 is 1. The second kappa shape index (κ2) is 9.36. The third-order valence-electron chi connectivity index (χ3n) is 4.72. The normalized spacial score (nSPS) is 11.0. The number of hydrogen-bond acceptors (Lipinski definition) is 4. The number of benzene rings is 3. The Hall–Kier alpha value is -3.10. The van der Waals surface area contributed by atoms with Crippen LogP contribution in [0.1, 0.15) is 16.7 Å². The van der Waals surface area contributed by atoms with Gasteiger partial charge >= 0.3 is 0 Å². The van der Waals surface area contributed by atoms with Gasteiger partial charge in [-0.2, -0.15) is 0 Å². The van der Waals surface area contributed by atoms with Crippen LogP contribution in [-0.2, 0) is 10.0 Å². The molecule has 0 aliphatic heterocycles. The van der Waals surface area contributed by atoms with Crippen LogP contribution < -0.4 is 20.1 Å². The van der Waals surface area contributed by atoms with Crippen molar-refractivity contribution in [3.8, 4) is 5.75 Å². The van der Waals surface area contributed by atoms with Gasteiger partial charge in [-0.1, -0.05) is 35.9 Å². The summed E-state index contributed by atoms with van der Waals surface area (Å²) in [6, 6.07) is 18.0. The van der Waals surface area contributed by atoms with Crippen LogP contribution >= 0.6 is 12.2 Å². The number of sulfonamides is 1. The fourth-order valence-corrected chi connectivity index (χ4v) is 4.70. The van der Waals surface area contributed by atoms with Crippen molar-refractivity contribution in [3.63, 3.8) is 0 Å². The Morgan fingerprint density at radius 3 is 2.32 bits per heavy atom. The lowest BCUT2D eigenvalue weighted by Gasteiger charge is -2.16. The molecule has 0 aliphatic carbocycles. The summed E-state index contributed by atoms with van der Waals surface area (Å²) in [6.07, 6.45) is 0. The number of thiocarbonyl (C=S) groups is 1. The van der Waals surface area contributed by atoms with Crippen molar-refractivity contribution < 1.29 is 13.2 Å². The second-order valence-electron chi connectivity index (χ2n) is 7.18. The summed E-state index contributed by atoms with van der Waals surface area (Å²) in [4.78, 5) is 0.151. The van der Waals surface area contributed by atoms with Gasteiger partial charge in [0.1, 0.15) is 5.75 Å². The van der Waals surface area contributed by atoms with Gasteiger partial charge in [0, 0.05) is 11.4 Å². The second-order valence-corrected chi connectivity index (χ2v) is 9.24. The van der Waals surface area contributed by atoms with Gasteiger partial charge in [0.05, 0.1) is 17.7 Å². The van der Waals surface area contributed by atoms with Crippen LogP contribution in [0.15, 0.2) is 65.6 Å². The molecule has 8 heteroatoms. The van der Waals surface area contributed by atoms with Crippen LogP contribution in [0.4, 0.5) is 17.1 Å². The van der Waals surface area contributed by atoms with Crippen molar-refractivity contribution in [2.75, 3.05) is 22.5 Å². The molecule has 0 atom stereocenters. The van der Waals surface area contributed by atoms with Crippen LogP contribution in [-0.4, -0.2) is 20.6 Å².